The van der Waals surface area contributed by atoms with E-state index in [0.717, 1.165) is 23.4 Å². The molecular weight excluding hydrogens is 202 g/mol. The molecule has 0 aliphatic heterocycles. The molecule has 2 rings (SSSR count). The number of hydrogen-bond acceptors (Lipinski definition) is 2. The van der Waals surface area contributed by atoms with E-state index < -0.39 is 0 Å². The molecule has 0 aromatic heterocycles. The second kappa shape index (κ2) is 3.19. The highest BCUT2D eigenvalue weighted by atomic mass is 35.5. The summed E-state index contributed by atoms with van der Waals surface area (Å²) in [5, 5.41) is 0.825. The summed E-state index contributed by atoms with van der Waals surface area (Å²) in [5.74, 6) is 0. The summed E-state index contributed by atoms with van der Waals surface area (Å²) in [6.07, 6.45) is 2.25. The predicted octanol–water partition coefficient (Wildman–Crippen LogP) is 3.19. The quantitative estimate of drug-likeness (QED) is 0.764. The van der Waals surface area contributed by atoms with Gasteiger partial charge in [-0.3, -0.25) is 0 Å². The molecule has 0 atom stereocenters. The third-order valence-electron chi connectivity index (χ3n) is 2.19. The van der Waals surface area contributed by atoms with Crippen LogP contribution in [-0.4, -0.2) is 4.87 Å². The van der Waals surface area contributed by atoms with Gasteiger partial charge >= 0.3 is 0 Å². The molecule has 2 N–H and O–H groups in total. The molecule has 1 aromatic carbocycles. The molecule has 1 saturated carbocycles. The van der Waals surface area contributed by atoms with Gasteiger partial charge in [-0.2, -0.15) is 0 Å². The number of hydrogen-bond donors (Lipinski definition) is 1. The fraction of sp³-hybridized carbons (Fsp3) is 0.400. The lowest BCUT2D eigenvalue weighted by Gasteiger charge is -2.08. The molecule has 3 heteroatoms. The fourth-order valence-electron chi connectivity index (χ4n) is 1.14. The highest BCUT2D eigenvalue weighted by molar-refractivity contribution is 8.01. The summed E-state index contributed by atoms with van der Waals surface area (Å²) < 4.78 is 0. The zero-order valence-electron chi connectivity index (χ0n) is 7.51. The van der Waals surface area contributed by atoms with Crippen LogP contribution in [0.25, 0.3) is 0 Å². The lowest BCUT2D eigenvalue weighted by molar-refractivity contribution is 0.981. The molecule has 1 aliphatic carbocycles. The van der Waals surface area contributed by atoms with Crippen molar-refractivity contribution in [2.45, 2.75) is 29.5 Å². The van der Waals surface area contributed by atoms with E-state index in [9.17, 15) is 0 Å². The Morgan fingerprint density at radius 3 is 2.69 bits per heavy atom. The minimum atomic E-state index is 0.0142. The van der Waals surface area contributed by atoms with Gasteiger partial charge in [0.2, 0.25) is 0 Å². The largest absolute Gasteiger partial charge is 0.317 e. The van der Waals surface area contributed by atoms with Crippen LogP contribution in [0.15, 0.2) is 23.1 Å². The average Bonchev–Trinajstić information content (AvgIpc) is 2.76. The molecule has 13 heavy (non-hydrogen) atoms. The van der Waals surface area contributed by atoms with Gasteiger partial charge in [-0.05, 0) is 43.5 Å². The van der Waals surface area contributed by atoms with Crippen molar-refractivity contribution >= 4 is 23.4 Å². The van der Waals surface area contributed by atoms with E-state index in [2.05, 4.69) is 6.07 Å². The van der Waals surface area contributed by atoms with Crippen molar-refractivity contribution in [1.82, 2.24) is 0 Å². The molecule has 0 bridgehead atoms. The van der Waals surface area contributed by atoms with Crippen molar-refractivity contribution in [2.75, 3.05) is 0 Å². The van der Waals surface area contributed by atoms with Gasteiger partial charge in [-0.1, -0.05) is 11.6 Å². The highest BCUT2D eigenvalue weighted by Gasteiger charge is 2.39. The Labute approximate surface area is 87.7 Å². The first-order valence-electron chi connectivity index (χ1n) is 4.33. The van der Waals surface area contributed by atoms with Crippen LogP contribution in [0.1, 0.15) is 18.4 Å². The summed E-state index contributed by atoms with van der Waals surface area (Å²) >= 11 is 7.68. The summed E-state index contributed by atoms with van der Waals surface area (Å²) in [5.41, 5.74) is 7.12. The first-order valence-corrected chi connectivity index (χ1v) is 5.53. The number of halogens is 1. The molecule has 0 unspecified atom stereocenters. The standard InChI is InChI=1S/C10H12ClNS/c1-7-6-8(2-3-9(7)11)13-10(12)4-5-10/h2-3,6H,4-5,12H2,1H3. The second-order valence-corrected chi connectivity index (χ2v) is 5.47. The number of rotatable bonds is 2. The summed E-state index contributed by atoms with van der Waals surface area (Å²) in [6, 6.07) is 6.07. The fourth-order valence-corrected chi connectivity index (χ4v) is 2.41. The Kier molecular flexibility index (Phi) is 2.30. The third-order valence-corrected chi connectivity index (χ3v) is 3.92. The molecular formula is C10H12ClNS. The van der Waals surface area contributed by atoms with Crippen molar-refractivity contribution in [3.05, 3.63) is 28.8 Å². The van der Waals surface area contributed by atoms with Gasteiger partial charge in [0.05, 0.1) is 4.87 Å². The Hall–Kier alpha value is -0.180. The van der Waals surface area contributed by atoms with Crippen molar-refractivity contribution in [3.8, 4) is 0 Å². The number of aryl methyl sites for hydroxylation is 1. The van der Waals surface area contributed by atoms with Gasteiger partial charge in [0, 0.05) is 9.92 Å². The van der Waals surface area contributed by atoms with E-state index in [1.165, 1.54) is 4.90 Å². The third kappa shape index (κ3) is 2.19. The minimum Gasteiger partial charge on any atom is -0.317 e. The van der Waals surface area contributed by atoms with Crippen LogP contribution in [0.2, 0.25) is 5.02 Å². The van der Waals surface area contributed by atoms with E-state index in [1.54, 1.807) is 11.8 Å². The maximum atomic E-state index is 6.00. The molecule has 0 radical (unpaired) electrons. The van der Waals surface area contributed by atoms with Crippen molar-refractivity contribution in [2.24, 2.45) is 5.73 Å². The molecule has 0 amide bonds. The topological polar surface area (TPSA) is 26.0 Å². The zero-order valence-corrected chi connectivity index (χ0v) is 9.08. The zero-order chi connectivity index (χ0) is 9.47. The molecule has 0 heterocycles. The molecule has 1 nitrogen and oxygen atoms in total. The molecule has 1 fully saturated rings. The van der Waals surface area contributed by atoms with Gasteiger partial charge in [0.1, 0.15) is 0 Å². The minimum absolute atomic E-state index is 0.0142. The lowest BCUT2D eigenvalue weighted by atomic mass is 10.2. The number of nitrogens with two attached hydrogens (primary N) is 1. The van der Waals surface area contributed by atoms with Crippen LogP contribution in [0, 0.1) is 6.92 Å². The molecule has 1 aliphatic rings. The van der Waals surface area contributed by atoms with Crippen molar-refractivity contribution < 1.29 is 0 Å². The van der Waals surface area contributed by atoms with E-state index >= 15 is 0 Å². The van der Waals surface area contributed by atoms with E-state index in [1.807, 2.05) is 19.1 Å². The lowest BCUT2D eigenvalue weighted by Crippen LogP contribution is -2.15. The van der Waals surface area contributed by atoms with Crippen LogP contribution in [0.4, 0.5) is 0 Å². The van der Waals surface area contributed by atoms with Crippen molar-refractivity contribution in [1.29, 1.82) is 0 Å². The molecule has 0 saturated heterocycles. The number of thioether (sulfide) groups is 1. The Morgan fingerprint density at radius 1 is 1.46 bits per heavy atom. The van der Waals surface area contributed by atoms with Crippen LogP contribution < -0.4 is 5.73 Å². The second-order valence-electron chi connectivity index (χ2n) is 3.58. The highest BCUT2D eigenvalue weighted by Crippen LogP contribution is 2.47. The smallest absolute Gasteiger partial charge is 0.0668 e. The SMILES string of the molecule is Cc1cc(SC2(N)CC2)ccc1Cl. The molecule has 70 valence electrons. The molecule has 1 aromatic rings. The number of benzene rings is 1. The van der Waals surface area contributed by atoms with E-state index in [0.29, 0.717) is 0 Å². The average molecular weight is 214 g/mol. The Morgan fingerprint density at radius 2 is 2.15 bits per heavy atom. The summed E-state index contributed by atoms with van der Waals surface area (Å²) in [6.45, 7) is 2.02. The van der Waals surface area contributed by atoms with Gasteiger partial charge in [-0.25, -0.2) is 0 Å². The van der Waals surface area contributed by atoms with Crippen LogP contribution in [-0.2, 0) is 0 Å². The van der Waals surface area contributed by atoms with Gasteiger partial charge in [0.15, 0.2) is 0 Å². The first kappa shape index (κ1) is 9.38. The summed E-state index contributed by atoms with van der Waals surface area (Å²) in [4.78, 5) is 1.24. The van der Waals surface area contributed by atoms with Gasteiger partial charge < -0.3 is 5.73 Å². The van der Waals surface area contributed by atoms with E-state index in [4.69, 9.17) is 17.3 Å². The van der Waals surface area contributed by atoms with Crippen LogP contribution in [0.5, 0.6) is 0 Å². The Bertz CT molecular complexity index is 334. The van der Waals surface area contributed by atoms with Crippen LogP contribution >= 0.6 is 23.4 Å². The van der Waals surface area contributed by atoms with Gasteiger partial charge in [-0.15, -0.1) is 11.8 Å². The predicted molar refractivity (Wildman–Crippen MR) is 58.2 cm³/mol. The van der Waals surface area contributed by atoms with Crippen molar-refractivity contribution in [3.63, 3.8) is 0 Å². The monoisotopic (exact) mass is 213 g/mol. The first-order chi connectivity index (χ1) is 6.09. The maximum absolute atomic E-state index is 6.00. The summed E-state index contributed by atoms with van der Waals surface area (Å²) in [7, 11) is 0. The normalized spacial score (nSPS) is 18.7. The Balaban J connectivity index is 2.17. The van der Waals surface area contributed by atoms with Crippen LogP contribution in [0.3, 0.4) is 0 Å². The van der Waals surface area contributed by atoms with Gasteiger partial charge in [0.25, 0.3) is 0 Å². The molecule has 0 spiro atoms. The van der Waals surface area contributed by atoms with E-state index in [-0.39, 0.29) is 4.87 Å². The maximum Gasteiger partial charge on any atom is 0.0668 e.